The van der Waals surface area contributed by atoms with Crippen molar-refractivity contribution in [2.75, 3.05) is 72.2 Å². The second-order valence-electron chi connectivity index (χ2n) is 10.3. The van der Waals surface area contributed by atoms with Crippen LogP contribution in [-0.4, -0.2) is 102 Å². The molecule has 42 heavy (non-hydrogen) atoms. The van der Waals surface area contributed by atoms with Crippen LogP contribution in [0.5, 0.6) is 11.5 Å². The van der Waals surface area contributed by atoms with E-state index < -0.39 is 0 Å². The zero-order valence-corrected chi connectivity index (χ0v) is 27.3. The Morgan fingerprint density at radius 2 is 0.905 bits per heavy atom. The number of aromatic nitrogens is 2. The van der Waals surface area contributed by atoms with Gasteiger partial charge in [0.2, 0.25) is 0 Å². The minimum absolute atomic E-state index is 0.342. The molecule has 1 aliphatic rings. The summed E-state index contributed by atoms with van der Waals surface area (Å²) in [6.45, 7) is 5.46. The normalized spacial score (nSPS) is 18.1. The Hall–Kier alpha value is -1.82. The van der Waals surface area contributed by atoms with Crippen LogP contribution in [0.3, 0.4) is 0 Å². The zero-order chi connectivity index (χ0) is 29.0. The van der Waals surface area contributed by atoms with Crippen molar-refractivity contribution in [1.82, 2.24) is 19.8 Å². The number of rotatable bonds is 4. The third-order valence-corrected chi connectivity index (χ3v) is 11.8. The fourth-order valence-electron chi connectivity index (χ4n) is 5.11. The molecule has 1 aliphatic heterocycles. The van der Waals surface area contributed by atoms with E-state index in [9.17, 15) is 10.2 Å². The number of nitrogens with zero attached hydrogens (tertiary/aromatic N) is 4. The molecular formula is C32H40N4O2S4. The number of fused-ring (bicyclic) bond motifs is 2. The average molecular weight is 641 g/mol. The molecule has 0 bridgehead atoms. The minimum atomic E-state index is 0.342. The van der Waals surface area contributed by atoms with E-state index in [1.807, 2.05) is 95.8 Å². The molecule has 10 heteroatoms. The summed E-state index contributed by atoms with van der Waals surface area (Å²) in [5.74, 6) is 9.56. The van der Waals surface area contributed by atoms with Crippen molar-refractivity contribution in [1.29, 1.82) is 0 Å². The maximum absolute atomic E-state index is 10.7. The predicted molar refractivity (Wildman–Crippen MR) is 187 cm³/mol. The summed E-state index contributed by atoms with van der Waals surface area (Å²) in [5, 5.41) is 23.5. The van der Waals surface area contributed by atoms with Crippen molar-refractivity contribution in [3.63, 3.8) is 0 Å². The van der Waals surface area contributed by atoms with Crippen molar-refractivity contribution < 1.29 is 10.2 Å². The lowest BCUT2D eigenvalue weighted by Gasteiger charge is -2.24. The van der Waals surface area contributed by atoms with Crippen LogP contribution in [-0.2, 0) is 13.1 Å². The number of hydrogen-bond donors (Lipinski definition) is 2. The Morgan fingerprint density at radius 3 is 1.29 bits per heavy atom. The summed E-state index contributed by atoms with van der Waals surface area (Å²) in [5.41, 5.74) is 3.69. The minimum Gasteiger partial charge on any atom is -0.508 e. The molecule has 0 atom stereocenters. The van der Waals surface area contributed by atoms with E-state index in [1.54, 1.807) is 0 Å². The lowest BCUT2D eigenvalue weighted by atomic mass is 10.1. The van der Waals surface area contributed by atoms with Crippen molar-refractivity contribution in [2.45, 2.75) is 13.1 Å². The van der Waals surface area contributed by atoms with Crippen LogP contribution in [0.1, 0.15) is 11.1 Å². The highest BCUT2D eigenvalue weighted by atomic mass is 32.2. The Balaban J connectivity index is 1.16. The van der Waals surface area contributed by atoms with Gasteiger partial charge >= 0.3 is 0 Å². The fraction of sp³-hybridized carbons (Fsp3) is 0.438. The molecule has 0 radical (unpaired) electrons. The van der Waals surface area contributed by atoms with Gasteiger partial charge in [0, 0.05) is 120 Å². The fourth-order valence-corrected chi connectivity index (χ4v) is 9.36. The molecule has 0 aliphatic carbocycles. The highest BCUT2D eigenvalue weighted by molar-refractivity contribution is 8.03. The molecule has 1 fully saturated rings. The molecule has 2 aromatic carbocycles. The molecule has 0 unspecified atom stereocenters. The zero-order valence-electron chi connectivity index (χ0n) is 24.0. The van der Waals surface area contributed by atoms with Gasteiger partial charge in [0.1, 0.15) is 11.5 Å². The van der Waals surface area contributed by atoms with E-state index in [-0.39, 0.29) is 0 Å². The topological polar surface area (TPSA) is 72.7 Å². The molecule has 6 nitrogen and oxygen atoms in total. The number of pyridine rings is 2. The van der Waals surface area contributed by atoms with Crippen molar-refractivity contribution in [3.05, 3.63) is 72.1 Å². The largest absolute Gasteiger partial charge is 0.508 e. The molecule has 4 aromatic rings. The van der Waals surface area contributed by atoms with Crippen LogP contribution in [0.25, 0.3) is 21.8 Å². The first-order valence-electron chi connectivity index (χ1n) is 14.6. The molecular weight excluding hydrogens is 601 g/mol. The maximum Gasteiger partial charge on any atom is 0.122 e. The number of aromatic hydroxyl groups is 2. The van der Waals surface area contributed by atoms with E-state index in [0.29, 0.717) is 11.5 Å². The van der Waals surface area contributed by atoms with Gasteiger partial charge in [-0.15, -0.1) is 0 Å². The lowest BCUT2D eigenvalue weighted by Crippen LogP contribution is -2.29. The summed E-state index contributed by atoms with van der Waals surface area (Å²) >= 11 is 8.08. The first-order chi connectivity index (χ1) is 20.7. The van der Waals surface area contributed by atoms with Gasteiger partial charge in [-0.2, -0.15) is 47.0 Å². The van der Waals surface area contributed by atoms with Crippen molar-refractivity contribution >= 4 is 68.9 Å². The van der Waals surface area contributed by atoms with E-state index >= 15 is 0 Å². The third kappa shape index (κ3) is 9.09. The van der Waals surface area contributed by atoms with Gasteiger partial charge in [-0.25, -0.2) is 0 Å². The van der Waals surface area contributed by atoms with Gasteiger partial charge in [0.05, 0.1) is 11.0 Å². The van der Waals surface area contributed by atoms with Gasteiger partial charge in [-0.05, 0) is 36.4 Å². The van der Waals surface area contributed by atoms with Crippen LogP contribution in [0.4, 0.5) is 0 Å². The number of phenolic OH excluding ortho intramolecular Hbond substituents is 2. The second kappa shape index (κ2) is 16.9. The monoisotopic (exact) mass is 640 g/mol. The van der Waals surface area contributed by atoms with Crippen molar-refractivity contribution in [2.24, 2.45) is 0 Å². The van der Waals surface area contributed by atoms with Gasteiger partial charge in [0.15, 0.2) is 0 Å². The second-order valence-corrected chi connectivity index (χ2v) is 15.2. The highest BCUT2D eigenvalue weighted by Gasteiger charge is 2.15. The molecule has 1 saturated heterocycles. The molecule has 224 valence electrons. The average Bonchev–Trinajstić information content (AvgIpc) is 3.01. The first-order valence-corrected chi connectivity index (χ1v) is 19.2. The Morgan fingerprint density at radius 1 is 0.524 bits per heavy atom. The van der Waals surface area contributed by atoms with Crippen molar-refractivity contribution in [3.8, 4) is 11.5 Å². The Labute approximate surface area is 266 Å². The van der Waals surface area contributed by atoms with Gasteiger partial charge in [-0.1, -0.05) is 12.1 Å². The van der Waals surface area contributed by atoms with Crippen LogP contribution in [0.15, 0.2) is 60.9 Å². The molecule has 2 aromatic heterocycles. The number of benzene rings is 2. The van der Waals surface area contributed by atoms with Crippen LogP contribution >= 0.6 is 47.0 Å². The standard InChI is InChI=1S/C32H40N4O2S4/c37-29-7-5-25-3-1-9-33-31(25)27(29)23-35-11-15-39-19-21-41-17-13-36(14-18-42-22-20-40-16-12-35)24-28-30(38)8-6-26-4-2-10-34-32(26)28/h1-10,37-38H,11-24H2. The molecule has 2 N–H and O–H groups in total. The number of phenols is 2. The van der Waals surface area contributed by atoms with Crippen LogP contribution < -0.4 is 0 Å². The molecule has 0 spiro atoms. The van der Waals surface area contributed by atoms with E-state index in [2.05, 4.69) is 31.9 Å². The van der Waals surface area contributed by atoms with E-state index in [1.165, 1.54) is 0 Å². The summed E-state index contributed by atoms with van der Waals surface area (Å²) < 4.78 is 0. The van der Waals surface area contributed by atoms with Gasteiger partial charge in [-0.3, -0.25) is 19.8 Å². The third-order valence-electron chi connectivity index (χ3n) is 7.42. The smallest absolute Gasteiger partial charge is 0.122 e. The maximum atomic E-state index is 10.7. The summed E-state index contributed by atoms with van der Waals surface area (Å²) in [6.07, 6.45) is 3.63. The highest BCUT2D eigenvalue weighted by Crippen LogP contribution is 2.28. The quantitative estimate of drug-likeness (QED) is 0.260. The Kier molecular flexibility index (Phi) is 12.7. The lowest BCUT2D eigenvalue weighted by molar-refractivity contribution is 0.296. The van der Waals surface area contributed by atoms with Crippen LogP contribution in [0, 0.1) is 0 Å². The Bertz CT molecular complexity index is 1300. The summed E-state index contributed by atoms with van der Waals surface area (Å²) in [4.78, 5) is 14.2. The number of hydrogen-bond acceptors (Lipinski definition) is 10. The molecule has 0 saturated carbocycles. The molecule has 0 amide bonds. The summed E-state index contributed by atoms with van der Waals surface area (Å²) in [7, 11) is 0. The van der Waals surface area contributed by atoms with Crippen LogP contribution in [0.2, 0.25) is 0 Å². The summed E-state index contributed by atoms with van der Waals surface area (Å²) in [6, 6.07) is 15.6. The van der Waals surface area contributed by atoms with Gasteiger partial charge in [0.25, 0.3) is 0 Å². The first kappa shape index (κ1) is 31.6. The van der Waals surface area contributed by atoms with E-state index in [0.717, 1.165) is 118 Å². The predicted octanol–water partition coefficient (Wildman–Crippen LogP) is 6.44. The van der Waals surface area contributed by atoms with Gasteiger partial charge < -0.3 is 10.2 Å². The molecule has 3 heterocycles. The number of thioether (sulfide) groups is 4. The SMILES string of the molecule is Oc1ccc2cccnc2c1CN1CCSCCSCCN(Cc2c(O)ccc3cccnc23)CCSCCSCC1. The van der Waals surface area contributed by atoms with E-state index in [4.69, 9.17) is 0 Å². The molecule has 5 rings (SSSR count).